The molecule has 5 aromatic rings. The zero-order valence-electron chi connectivity index (χ0n) is 24.7. The maximum atomic E-state index is 12.5. The SMILES string of the molecule is C/C=C(\S)c1ccnc(F)c1.CC(=O)Nc1nc2cc(N(C)C)ccc2n1CCc1ccccc1.O=Cc1ccccc1. The zero-order chi connectivity index (χ0) is 31.2. The van der Waals surface area contributed by atoms with Crippen LogP contribution in [0.15, 0.2) is 103 Å². The summed E-state index contributed by atoms with van der Waals surface area (Å²) in [4.78, 5) is 32.4. The number of nitrogens with zero attached hydrogens (tertiary/aromatic N) is 4. The van der Waals surface area contributed by atoms with E-state index in [2.05, 4.69) is 56.7 Å². The molecule has 0 bridgehead atoms. The second-order valence-corrected chi connectivity index (χ2v) is 10.1. The molecule has 0 saturated heterocycles. The van der Waals surface area contributed by atoms with E-state index < -0.39 is 5.95 Å². The minimum absolute atomic E-state index is 0.112. The predicted octanol–water partition coefficient (Wildman–Crippen LogP) is 7.31. The first-order chi connectivity index (χ1) is 20.7. The first kappa shape index (κ1) is 32.8. The fraction of sp³-hybridized carbons (Fsp3) is 0.176. The van der Waals surface area contributed by atoms with Gasteiger partial charge in [-0.1, -0.05) is 66.7 Å². The normalized spacial score (nSPS) is 10.6. The summed E-state index contributed by atoms with van der Waals surface area (Å²) in [7, 11) is 4.00. The molecule has 0 aliphatic heterocycles. The lowest BCUT2D eigenvalue weighted by Gasteiger charge is -2.12. The van der Waals surface area contributed by atoms with Crippen LogP contribution in [0.5, 0.6) is 0 Å². The van der Waals surface area contributed by atoms with Crippen molar-refractivity contribution in [1.82, 2.24) is 14.5 Å². The number of halogens is 1. The third-order valence-electron chi connectivity index (χ3n) is 6.23. The van der Waals surface area contributed by atoms with Gasteiger partial charge in [-0.2, -0.15) is 4.39 Å². The molecule has 2 heterocycles. The quantitative estimate of drug-likeness (QED) is 0.117. The van der Waals surface area contributed by atoms with Gasteiger partial charge in [0.1, 0.15) is 6.29 Å². The number of aromatic nitrogens is 3. The summed E-state index contributed by atoms with van der Waals surface area (Å²) in [6.07, 6.45) is 4.94. The van der Waals surface area contributed by atoms with Gasteiger partial charge >= 0.3 is 0 Å². The minimum Gasteiger partial charge on any atom is -0.378 e. The number of hydrogen-bond donors (Lipinski definition) is 2. The first-order valence-electron chi connectivity index (χ1n) is 13.7. The lowest BCUT2D eigenvalue weighted by atomic mass is 10.1. The fourth-order valence-corrected chi connectivity index (χ4v) is 4.16. The van der Waals surface area contributed by atoms with Crippen LogP contribution in [0.4, 0.5) is 16.0 Å². The number of allylic oxidation sites excluding steroid dienone is 1. The van der Waals surface area contributed by atoms with Gasteiger partial charge in [-0.05, 0) is 48.7 Å². The van der Waals surface area contributed by atoms with Crippen molar-refractivity contribution in [3.8, 4) is 0 Å². The van der Waals surface area contributed by atoms with Crippen LogP contribution in [0.2, 0.25) is 0 Å². The number of rotatable bonds is 7. The maximum absolute atomic E-state index is 12.5. The van der Waals surface area contributed by atoms with Gasteiger partial charge in [0.2, 0.25) is 17.8 Å². The van der Waals surface area contributed by atoms with Gasteiger partial charge in [0.25, 0.3) is 0 Å². The molecule has 0 radical (unpaired) electrons. The number of pyridine rings is 1. The van der Waals surface area contributed by atoms with E-state index in [0.717, 1.165) is 52.0 Å². The number of carbonyl (C=O) groups excluding carboxylic acids is 2. The number of thiol groups is 1. The van der Waals surface area contributed by atoms with Crippen molar-refractivity contribution < 1.29 is 14.0 Å². The third-order valence-corrected chi connectivity index (χ3v) is 6.75. The summed E-state index contributed by atoms with van der Waals surface area (Å²) in [5.74, 6) is 0.0133. The number of aldehydes is 1. The van der Waals surface area contributed by atoms with Crippen molar-refractivity contribution in [2.45, 2.75) is 26.8 Å². The van der Waals surface area contributed by atoms with E-state index in [1.807, 2.05) is 68.4 Å². The molecule has 0 spiro atoms. The molecular weight excluding hydrogens is 561 g/mol. The molecule has 0 saturated carbocycles. The van der Waals surface area contributed by atoms with Crippen molar-refractivity contribution in [3.63, 3.8) is 0 Å². The highest BCUT2D eigenvalue weighted by atomic mass is 32.1. The third kappa shape index (κ3) is 10.2. The number of imidazole rings is 1. The number of amides is 1. The fourth-order valence-electron chi connectivity index (χ4n) is 4.02. The molecule has 0 aliphatic carbocycles. The maximum Gasteiger partial charge on any atom is 0.223 e. The molecule has 222 valence electrons. The molecule has 0 aliphatic rings. The van der Waals surface area contributed by atoms with Crippen molar-refractivity contribution in [3.05, 3.63) is 126 Å². The standard InChI is InChI=1S/C19H22N4O.C8H8FNS.C7H6O/c1-14(24)20-19-21-17-13-16(22(2)3)9-10-18(17)23(19)12-11-15-7-5-4-6-8-15;1-2-7(11)6-3-4-10-8(9)5-6;8-6-7-4-2-1-3-5-7/h4-10,13H,11-12H2,1-3H3,(H,20,21,24);2-5,11H,1H3;1-6H/b;7-2-;. The zero-order valence-corrected chi connectivity index (χ0v) is 25.6. The summed E-state index contributed by atoms with van der Waals surface area (Å²) in [5, 5.41) is 2.85. The molecule has 3 aromatic carbocycles. The van der Waals surface area contributed by atoms with Crippen LogP contribution in [0.3, 0.4) is 0 Å². The lowest BCUT2D eigenvalue weighted by Crippen LogP contribution is -2.13. The molecule has 1 amide bonds. The summed E-state index contributed by atoms with van der Waals surface area (Å²) in [6, 6.07) is 28.7. The van der Waals surface area contributed by atoms with Gasteiger partial charge in [0.15, 0.2) is 0 Å². The van der Waals surface area contributed by atoms with Crippen LogP contribution in [-0.4, -0.2) is 40.8 Å². The molecule has 0 fully saturated rings. The number of carbonyl (C=O) groups is 2. The van der Waals surface area contributed by atoms with E-state index in [1.54, 1.807) is 24.3 Å². The molecule has 0 atom stereocenters. The van der Waals surface area contributed by atoms with Crippen LogP contribution >= 0.6 is 12.6 Å². The van der Waals surface area contributed by atoms with Crippen LogP contribution in [0.25, 0.3) is 15.9 Å². The highest BCUT2D eigenvalue weighted by molar-refractivity contribution is 7.90. The van der Waals surface area contributed by atoms with Gasteiger partial charge in [-0.15, -0.1) is 12.6 Å². The summed E-state index contributed by atoms with van der Waals surface area (Å²) in [5.41, 5.74) is 5.75. The van der Waals surface area contributed by atoms with E-state index >= 15 is 0 Å². The molecule has 2 aromatic heterocycles. The van der Waals surface area contributed by atoms with Gasteiger partial charge in [-0.25, -0.2) is 9.97 Å². The Labute approximate surface area is 257 Å². The van der Waals surface area contributed by atoms with Crippen molar-refractivity contribution in [1.29, 1.82) is 0 Å². The van der Waals surface area contributed by atoms with Crippen molar-refractivity contribution >= 4 is 52.4 Å². The number of anilines is 2. The Bertz CT molecular complexity index is 1650. The van der Waals surface area contributed by atoms with Crippen LogP contribution in [0.1, 0.15) is 35.3 Å². The van der Waals surface area contributed by atoms with Gasteiger partial charge in [-0.3, -0.25) is 14.9 Å². The van der Waals surface area contributed by atoms with Crippen molar-refractivity contribution in [2.24, 2.45) is 0 Å². The van der Waals surface area contributed by atoms with E-state index in [-0.39, 0.29) is 5.91 Å². The van der Waals surface area contributed by atoms with Gasteiger partial charge < -0.3 is 9.47 Å². The highest BCUT2D eigenvalue weighted by Crippen LogP contribution is 2.25. The Balaban J connectivity index is 0.000000218. The topological polar surface area (TPSA) is 80.1 Å². The number of hydrogen-bond acceptors (Lipinski definition) is 6. The largest absolute Gasteiger partial charge is 0.378 e. The lowest BCUT2D eigenvalue weighted by molar-refractivity contribution is -0.114. The summed E-state index contributed by atoms with van der Waals surface area (Å²) in [6.45, 7) is 4.12. The number of fused-ring (bicyclic) bond motifs is 1. The van der Waals surface area contributed by atoms with Gasteiger partial charge in [0.05, 0.1) is 11.0 Å². The molecule has 1 N–H and O–H groups in total. The van der Waals surface area contributed by atoms with Crippen LogP contribution < -0.4 is 10.2 Å². The van der Waals surface area contributed by atoms with Crippen LogP contribution in [0, 0.1) is 5.95 Å². The Morgan fingerprint density at radius 1 is 1.00 bits per heavy atom. The second kappa shape index (κ2) is 16.6. The average Bonchev–Trinajstić information content (AvgIpc) is 3.36. The van der Waals surface area contributed by atoms with Crippen molar-refractivity contribution in [2.75, 3.05) is 24.3 Å². The molecule has 7 nitrogen and oxygen atoms in total. The van der Waals surface area contributed by atoms with Gasteiger partial charge in [0, 0.05) is 56.0 Å². The minimum atomic E-state index is -0.476. The number of nitrogens with one attached hydrogen (secondary N) is 1. The predicted molar refractivity (Wildman–Crippen MR) is 177 cm³/mol. The van der Waals surface area contributed by atoms with Crippen LogP contribution in [-0.2, 0) is 17.8 Å². The Morgan fingerprint density at radius 3 is 2.23 bits per heavy atom. The highest BCUT2D eigenvalue weighted by Gasteiger charge is 2.13. The van der Waals surface area contributed by atoms with E-state index in [1.165, 1.54) is 24.8 Å². The Morgan fingerprint density at radius 2 is 1.67 bits per heavy atom. The summed E-state index contributed by atoms with van der Waals surface area (Å²) >= 11 is 4.13. The monoisotopic (exact) mass is 597 g/mol. The molecule has 0 unspecified atom stereocenters. The average molecular weight is 598 g/mol. The molecule has 9 heteroatoms. The second-order valence-electron chi connectivity index (χ2n) is 9.64. The number of benzene rings is 3. The molecule has 43 heavy (non-hydrogen) atoms. The Kier molecular flexibility index (Phi) is 12.7. The Hall–Kier alpha value is -4.76. The number of aryl methyl sites for hydroxylation is 2. The smallest absolute Gasteiger partial charge is 0.223 e. The summed E-state index contributed by atoms with van der Waals surface area (Å²) < 4.78 is 14.6. The van der Waals surface area contributed by atoms with E-state index in [9.17, 15) is 14.0 Å². The molecule has 5 rings (SSSR count). The van der Waals surface area contributed by atoms with E-state index in [0.29, 0.717) is 5.95 Å². The molecular formula is C34H36FN5O2S. The van der Waals surface area contributed by atoms with E-state index in [4.69, 9.17) is 0 Å². The first-order valence-corrected chi connectivity index (χ1v) is 14.1.